The van der Waals surface area contributed by atoms with Gasteiger partial charge in [-0.2, -0.15) is 0 Å². The maximum atomic E-state index is 11.6. The number of fused-ring (bicyclic) bond motifs is 1. The van der Waals surface area contributed by atoms with E-state index in [1.807, 2.05) is 6.92 Å². The summed E-state index contributed by atoms with van der Waals surface area (Å²) in [5.41, 5.74) is 3.08. The molecule has 2 aromatic heterocycles. The van der Waals surface area contributed by atoms with E-state index >= 15 is 0 Å². The number of nitrogens with two attached hydrogens (primary N) is 1. The molecule has 2 rings (SSSR count). The Labute approximate surface area is 109 Å². The number of ether oxygens (including phenoxy) is 1. The number of hydrazine groups is 1. The second-order valence-electron chi connectivity index (χ2n) is 3.91. The van der Waals surface area contributed by atoms with Crippen LogP contribution in [0.1, 0.15) is 13.3 Å². The predicted molar refractivity (Wildman–Crippen MR) is 70.5 cm³/mol. The van der Waals surface area contributed by atoms with Crippen molar-refractivity contribution in [1.29, 1.82) is 0 Å². The van der Waals surface area contributed by atoms with Gasteiger partial charge in [-0.15, -0.1) is 0 Å². The molecule has 0 radical (unpaired) electrons. The minimum Gasteiger partial charge on any atom is -0.467 e. The number of aromatic nitrogens is 3. The number of anilines is 2. The summed E-state index contributed by atoms with van der Waals surface area (Å²) in [6.07, 6.45) is 5.68. The van der Waals surface area contributed by atoms with Crippen LogP contribution in [0.15, 0.2) is 18.6 Å². The van der Waals surface area contributed by atoms with Gasteiger partial charge in [-0.05, 0) is 6.42 Å². The van der Waals surface area contributed by atoms with Crippen molar-refractivity contribution in [2.24, 2.45) is 5.84 Å². The normalized spacial score (nSPS) is 12.2. The summed E-state index contributed by atoms with van der Waals surface area (Å²) in [5.74, 6) is 5.95. The molecule has 19 heavy (non-hydrogen) atoms. The third kappa shape index (κ3) is 2.58. The highest BCUT2D eigenvalue weighted by molar-refractivity contribution is 5.80. The van der Waals surface area contributed by atoms with Gasteiger partial charge in [0.15, 0.2) is 17.3 Å². The van der Waals surface area contributed by atoms with Crippen LogP contribution in [0.2, 0.25) is 0 Å². The predicted octanol–water partition coefficient (Wildman–Crippen LogP) is 0.378. The average molecular weight is 264 g/mol. The minimum absolute atomic E-state index is 0.347. The van der Waals surface area contributed by atoms with Crippen molar-refractivity contribution in [1.82, 2.24) is 14.4 Å². The number of imidazole rings is 1. The fourth-order valence-corrected chi connectivity index (χ4v) is 1.73. The Hall–Kier alpha value is -2.35. The summed E-state index contributed by atoms with van der Waals surface area (Å²) >= 11 is 0. The Balaban J connectivity index is 2.37. The van der Waals surface area contributed by atoms with Gasteiger partial charge >= 0.3 is 5.97 Å². The van der Waals surface area contributed by atoms with Gasteiger partial charge in [0, 0.05) is 12.4 Å². The highest BCUT2D eigenvalue weighted by Gasteiger charge is 2.19. The van der Waals surface area contributed by atoms with Crippen LogP contribution in [-0.4, -0.2) is 33.5 Å². The zero-order valence-electron chi connectivity index (χ0n) is 10.8. The molecule has 0 saturated heterocycles. The Morgan fingerprint density at radius 2 is 2.42 bits per heavy atom. The van der Waals surface area contributed by atoms with Crippen molar-refractivity contribution < 1.29 is 9.53 Å². The number of nitrogens with zero attached hydrogens (tertiary/aromatic N) is 3. The lowest BCUT2D eigenvalue weighted by molar-refractivity contribution is -0.141. The molecule has 8 nitrogen and oxygen atoms in total. The smallest absolute Gasteiger partial charge is 0.328 e. The highest BCUT2D eigenvalue weighted by Crippen LogP contribution is 2.17. The SMILES string of the molecule is CCC(Nc1nc(NN)cn2ccnc12)C(=O)OC. The average Bonchev–Trinajstić information content (AvgIpc) is 2.91. The first kappa shape index (κ1) is 13.1. The van der Waals surface area contributed by atoms with E-state index in [0.29, 0.717) is 23.7 Å². The van der Waals surface area contributed by atoms with Crippen LogP contribution in [0, 0.1) is 0 Å². The quantitative estimate of drug-likeness (QED) is 0.407. The lowest BCUT2D eigenvalue weighted by Crippen LogP contribution is -2.30. The number of hydrogen-bond donors (Lipinski definition) is 3. The van der Waals surface area contributed by atoms with E-state index < -0.39 is 6.04 Å². The monoisotopic (exact) mass is 264 g/mol. The molecule has 0 aliphatic heterocycles. The second-order valence-corrected chi connectivity index (χ2v) is 3.91. The molecule has 1 unspecified atom stereocenters. The topological polar surface area (TPSA) is 107 Å². The molecule has 1 atom stereocenters. The molecule has 4 N–H and O–H groups in total. The Morgan fingerprint density at radius 3 is 3.05 bits per heavy atom. The van der Waals surface area contributed by atoms with Crippen molar-refractivity contribution in [2.75, 3.05) is 17.9 Å². The van der Waals surface area contributed by atoms with Crippen LogP contribution in [0.25, 0.3) is 5.65 Å². The molecular weight excluding hydrogens is 248 g/mol. The summed E-state index contributed by atoms with van der Waals surface area (Å²) in [6.45, 7) is 1.88. The number of methoxy groups -OCH3 is 1. The summed E-state index contributed by atoms with van der Waals surface area (Å²) in [5, 5.41) is 3.02. The first-order chi connectivity index (χ1) is 9.19. The van der Waals surface area contributed by atoms with Crippen LogP contribution in [0.5, 0.6) is 0 Å². The zero-order chi connectivity index (χ0) is 13.8. The number of rotatable bonds is 5. The number of nitrogen functional groups attached to an aromatic ring is 1. The molecule has 0 bridgehead atoms. The van der Waals surface area contributed by atoms with E-state index in [1.165, 1.54) is 7.11 Å². The van der Waals surface area contributed by atoms with Crippen molar-refractivity contribution in [2.45, 2.75) is 19.4 Å². The van der Waals surface area contributed by atoms with E-state index in [-0.39, 0.29) is 5.97 Å². The first-order valence-electron chi connectivity index (χ1n) is 5.84. The Kier molecular flexibility index (Phi) is 3.81. The fourth-order valence-electron chi connectivity index (χ4n) is 1.73. The largest absolute Gasteiger partial charge is 0.467 e. The molecule has 0 spiro atoms. The molecule has 2 aromatic rings. The van der Waals surface area contributed by atoms with Gasteiger partial charge in [0.2, 0.25) is 0 Å². The van der Waals surface area contributed by atoms with Gasteiger partial charge in [0.1, 0.15) is 6.04 Å². The van der Waals surface area contributed by atoms with E-state index in [2.05, 4.69) is 20.7 Å². The van der Waals surface area contributed by atoms with Gasteiger partial charge < -0.3 is 19.9 Å². The summed E-state index contributed by atoms with van der Waals surface area (Å²) < 4.78 is 6.49. The van der Waals surface area contributed by atoms with E-state index in [0.717, 1.165) is 0 Å². The van der Waals surface area contributed by atoms with Crippen LogP contribution in [0.4, 0.5) is 11.6 Å². The fraction of sp³-hybridized carbons (Fsp3) is 0.364. The molecular formula is C11H16N6O2. The van der Waals surface area contributed by atoms with Crippen molar-refractivity contribution in [3.05, 3.63) is 18.6 Å². The number of nitrogens with one attached hydrogen (secondary N) is 2. The molecule has 0 saturated carbocycles. The molecule has 8 heteroatoms. The maximum absolute atomic E-state index is 11.6. The lowest BCUT2D eigenvalue weighted by Gasteiger charge is -2.16. The number of carbonyl (C=O) groups excluding carboxylic acids is 1. The third-order valence-electron chi connectivity index (χ3n) is 2.73. The first-order valence-corrected chi connectivity index (χ1v) is 5.84. The maximum Gasteiger partial charge on any atom is 0.328 e. The van der Waals surface area contributed by atoms with Crippen LogP contribution >= 0.6 is 0 Å². The number of esters is 1. The number of carbonyl (C=O) groups is 1. The Bertz CT molecular complexity index is 582. The van der Waals surface area contributed by atoms with Crippen LogP contribution in [-0.2, 0) is 9.53 Å². The Morgan fingerprint density at radius 1 is 1.63 bits per heavy atom. The second kappa shape index (κ2) is 5.53. The van der Waals surface area contributed by atoms with Gasteiger partial charge in [-0.25, -0.2) is 20.6 Å². The molecule has 0 aliphatic rings. The van der Waals surface area contributed by atoms with Gasteiger partial charge in [0.25, 0.3) is 0 Å². The van der Waals surface area contributed by atoms with Gasteiger partial charge in [0.05, 0.1) is 13.3 Å². The molecule has 0 aromatic carbocycles. The van der Waals surface area contributed by atoms with E-state index in [1.54, 1.807) is 23.0 Å². The van der Waals surface area contributed by atoms with Crippen molar-refractivity contribution >= 4 is 23.3 Å². The standard InChI is InChI=1S/C11H16N6O2/c1-3-7(11(18)19-2)14-9-10-13-4-5-17(10)6-8(15-9)16-12/h4-7,16H,3,12H2,1-2H3,(H,14,15). The summed E-state index contributed by atoms with van der Waals surface area (Å²) in [4.78, 5) is 20.0. The molecule has 0 fully saturated rings. The molecule has 102 valence electrons. The van der Waals surface area contributed by atoms with Crippen LogP contribution in [0.3, 0.4) is 0 Å². The van der Waals surface area contributed by atoms with Crippen LogP contribution < -0.4 is 16.6 Å². The molecule has 0 amide bonds. The third-order valence-corrected chi connectivity index (χ3v) is 2.73. The van der Waals surface area contributed by atoms with E-state index in [9.17, 15) is 4.79 Å². The summed E-state index contributed by atoms with van der Waals surface area (Å²) in [6, 6.07) is -0.481. The van der Waals surface area contributed by atoms with Crippen molar-refractivity contribution in [3.63, 3.8) is 0 Å². The van der Waals surface area contributed by atoms with Gasteiger partial charge in [-0.1, -0.05) is 6.92 Å². The van der Waals surface area contributed by atoms with E-state index in [4.69, 9.17) is 10.6 Å². The van der Waals surface area contributed by atoms with Crippen molar-refractivity contribution in [3.8, 4) is 0 Å². The molecule has 0 aliphatic carbocycles. The lowest BCUT2D eigenvalue weighted by atomic mass is 10.2. The molecule has 2 heterocycles. The van der Waals surface area contributed by atoms with Gasteiger partial charge in [-0.3, -0.25) is 0 Å². The minimum atomic E-state index is -0.481. The highest BCUT2D eigenvalue weighted by atomic mass is 16.5. The number of hydrogen-bond acceptors (Lipinski definition) is 7. The summed E-state index contributed by atoms with van der Waals surface area (Å²) in [7, 11) is 1.35. The zero-order valence-corrected chi connectivity index (χ0v) is 10.8.